The van der Waals surface area contributed by atoms with Crippen molar-refractivity contribution in [1.29, 1.82) is 0 Å². The van der Waals surface area contributed by atoms with Gasteiger partial charge in [-0.1, -0.05) is 38.0 Å². The molecule has 2 aromatic rings. The van der Waals surface area contributed by atoms with Crippen LogP contribution in [0.1, 0.15) is 45.9 Å². The van der Waals surface area contributed by atoms with E-state index in [1.165, 1.54) is 24.3 Å². The average Bonchev–Trinajstić information content (AvgIpc) is 2.51. The molecule has 2 rings (SSSR count). The predicted octanol–water partition coefficient (Wildman–Crippen LogP) is 4.83. The first-order valence-electron chi connectivity index (χ1n) is 9.25. The summed E-state index contributed by atoms with van der Waals surface area (Å²) in [7, 11) is 0. The summed E-state index contributed by atoms with van der Waals surface area (Å²) in [5, 5.41) is 19.0. The van der Waals surface area contributed by atoms with Crippen molar-refractivity contribution < 1.29 is 18.4 Å². The van der Waals surface area contributed by atoms with Crippen molar-refractivity contribution >= 4 is 11.1 Å². The van der Waals surface area contributed by atoms with Gasteiger partial charge in [0.15, 0.2) is 0 Å². The van der Waals surface area contributed by atoms with Gasteiger partial charge in [-0.25, -0.2) is 0 Å². The first-order valence-corrected chi connectivity index (χ1v) is 6.25. The van der Waals surface area contributed by atoms with Crippen LogP contribution in [0.15, 0.2) is 48.5 Å². The van der Waals surface area contributed by atoms with Crippen LogP contribution in [-0.4, -0.2) is 10.2 Å². The molecular weight excluding hydrogens is 248 g/mol. The maximum Gasteiger partial charge on any atom is 0.115 e. The fourth-order valence-electron chi connectivity index (χ4n) is 2.09. The molecule has 20 heavy (non-hydrogen) atoms. The van der Waals surface area contributed by atoms with Gasteiger partial charge in [0.1, 0.15) is 11.5 Å². The van der Waals surface area contributed by atoms with E-state index >= 15 is 0 Å². The first kappa shape index (κ1) is 8.15. The second-order valence-electron chi connectivity index (χ2n) is 4.40. The molecular formula is C18H20O2. The molecule has 0 aliphatic heterocycles. The number of aromatic hydroxyl groups is 2. The molecule has 0 unspecified atom stereocenters. The summed E-state index contributed by atoms with van der Waals surface area (Å²) in [5.41, 5.74) is 1.83. The Morgan fingerprint density at radius 1 is 0.750 bits per heavy atom. The summed E-state index contributed by atoms with van der Waals surface area (Å²) in [4.78, 5) is 0. The topological polar surface area (TPSA) is 40.5 Å². The Balaban J connectivity index is 2.70. The van der Waals surface area contributed by atoms with Crippen LogP contribution in [-0.2, 0) is 0 Å². The van der Waals surface area contributed by atoms with Gasteiger partial charge < -0.3 is 10.2 Å². The average molecular weight is 274 g/mol. The van der Waals surface area contributed by atoms with Crippen molar-refractivity contribution in [3.05, 3.63) is 59.7 Å². The van der Waals surface area contributed by atoms with Crippen LogP contribution in [0.25, 0.3) is 11.1 Å². The van der Waals surface area contributed by atoms with Crippen molar-refractivity contribution in [2.24, 2.45) is 0 Å². The van der Waals surface area contributed by atoms with Crippen molar-refractivity contribution in [3.8, 4) is 11.5 Å². The highest BCUT2D eigenvalue weighted by Crippen LogP contribution is 2.32. The second kappa shape index (κ2) is 6.29. The monoisotopic (exact) mass is 274 g/mol. The molecule has 0 atom stereocenters. The summed E-state index contributed by atoms with van der Waals surface area (Å²) in [5.74, 6) is 0.0629. The van der Waals surface area contributed by atoms with Gasteiger partial charge in [0.25, 0.3) is 0 Å². The smallest absolute Gasteiger partial charge is 0.115 e. The normalized spacial score (nSPS) is 17.8. The van der Waals surface area contributed by atoms with Gasteiger partial charge in [0, 0.05) is 8.22 Å². The molecule has 0 bridgehead atoms. The molecule has 0 aliphatic carbocycles. The van der Waals surface area contributed by atoms with E-state index in [1.807, 2.05) is 0 Å². The van der Waals surface area contributed by atoms with Gasteiger partial charge >= 0.3 is 0 Å². The lowest BCUT2D eigenvalue weighted by Crippen LogP contribution is -1.91. The molecule has 0 spiro atoms. The van der Waals surface area contributed by atoms with Crippen LogP contribution in [0.2, 0.25) is 0 Å². The quantitative estimate of drug-likeness (QED) is 0.784. The molecule has 0 aliphatic rings. The molecule has 0 saturated carbocycles. The van der Waals surface area contributed by atoms with E-state index in [2.05, 4.69) is 0 Å². The highest BCUT2D eigenvalue weighted by atomic mass is 16.3. The molecule has 0 fully saturated rings. The Hall–Kier alpha value is -2.22. The van der Waals surface area contributed by atoms with Gasteiger partial charge in [-0.15, -0.1) is 0 Å². The van der Waals surface area contributed by atoms with Gasteiger partial charge in [0.2, 0.25) is 0 Å². The zero-order chi connectivity index (χ0) is 19.5. The van der Waals surface area contributed by atoms with E-state index in [0.29, 0.717) is 22.3 Å². The van der Waals surface area contributed by atoms with E-state index in [4.69, 9.17) is 8.22 Å². The van der Waals surface area contributed by atoms with Crippen LogP contribution < -0.4 is 0 Å². The summed E-state index contributed by atoms with van der Waals surface area (Å²) in [6, 6.07) is 12.0. The third kappa shape index (κ3) is 3.02. The van der Waals surface area contributed by atoms with E-state index in [-0.39, 0.29) is 24.3 Å². The highest BCUT2D eigenvalue weighted by molar-refractivity contribution is 5.90. The Morgan fingerprint density at radius 2 is 1.10 bits per heavy atom. The standard InChI is InChI=1S/C18H20O2/c1-3-17(13-5-9-15(19)10-6-13)18(4-2)14-7-11-16(20)12-8-14/h5-12,19-20H,3-4H2,1-2H3/b18-17+/i1D3,2D3. The minimum Gasteiger partial charge on any atom is -0.508 e. The molecule has 0 saturated heterocycles. The molecule has 0 radical (unpaired) electrons. The lowest BCUT2D eigenvalue weighted by Gasteiger charge is -2.14. The number of allylic oxidation sites excluding steroid dienone is 2. The summed E-state index contributed by atoms with van der Waals surface area (Å²) >= 11 is 0. The summed E-state index contributed by atoms with van der Waals surface area (Å²) < 4.78 is 45.9. The van der Waals surface area contributed by atoms with Crippen LogP contribution >= 0.6 is 0 Å². The van der Waals surface area contributed by atoms with Crippen molar-refractivity contribution in [3.63, 3.8) is 0 Å². The molecule has 0 aromatic heterocycles. The second-order valence-corrected chi connectivity index (χ2v) is 4.40. The van der Waals surface area contributed by atoms with E-state index < -0.39 is 13.7 Å². The number of phenolic OH excluding ortho intramolecular Hbond substituents is 2. The van der Waals surface area contributed by atoms with Crippen LogP contribution in [0.5, 0.6) is 11.5 Å². The molecule has 2 N–H and O–H groups in total. The minimum atomic E-state index is -2.30. The number of rotatable bonds is 4. The Bertz CT molecular complexity index is 704. The first-order chi connectivity index (χ1) is 11.9. The third-order valence-corrected chi connectivity index (χ3v) is 3.15. The van der Waals surface area contributed by atoms with Crippen molar-refractivity contribution in [1.82, 2.24) is 0 Å². The SMILES string of the molecule is [2H]C([2H])([2H])C/C(=C(/CC([2H])([2H])[2H])c1ccc(O)cc1)c1ccc(O)cc1. The van der Waals surface area contributed by atoms with E-state index in [1.54, 1.807) is 24.3 Å². The molecule has 2 aromatic carbocycles. The van der Waals surface area contributed by atoms with Crippen LogP contribution in [0.4, 0.5) is 0 Å². The number of hydrogen-bond donors (Lipinski definition) is 2. The fraction of sp³-hybridized carbons (Fsp3) is 0.222. The highest BCUT2D eigenvalue weighted by Gasteiger charge is 2.09. The van der Waals surface area contributed by atoms with Crippen LogP contribution in [0.3, 0.4) is 0 Å². The lowest BCUT2D eigenvalue weighted by atomic mass is 9.91. The molecule has 104 valence electrons. The van der Waals surface area contributed by atoms with Crippen molar-refractivity contribution in [2.75, 3.05) is 0 Å². The molecule has 0 amide bonds. The zero-order valence-corrected chi connectivity index (χ0v) is 10.9. The minimum absolute atomic E-state index is 0.0315. The lowest BCUT2D eigenvalue weighted by molar-refractivity contribution is 0.474. The largest absolute Gasteiger partial charge is 0.508 e. The van der Waals surface area contributed by atoms with Gasteiger partial charge in [-0.3, -0.25) is 0 Å². The predicted molar refractivity (Wildman–Crippen MR) is 83.6 cm³/mol. The third-order valence-electron chi connectivity index (χ3n) is 3.15. The van der Waals surface area contributed by atoms with Gasteiger partial charge in [-0.05, 0) is 59.4 Å². The molecule has 2 nitrogen and oxygen atoms in total. The van der Waals surface area contributed by atoms with Crippen molar-refractivity contribution in [2.45, 2.75) is 26.5 Å². The van der Waals surface area contributed by atoms with E-state index in [0.717, 1.165) is 0 Å². The fourth-order valence-corrected chi connectivity index (χ4v) is 2.09. The molecule has 2 heteroatoms. The number of hydrogen-bond acceptors (Lipinski definition) is 2. The Labute approximate surface area is 128 Å². The molecule has 0 heterocycles. The maximum atomic E-state index is 9.50. The van der Waals surface area contributed by atoms with Gasteiger partial charge in [-0.2, -0.15) is 0 Å². The van der Waals surface area contributed by atoms with Crippen LogP contribution in [0, 0.1) is 0 Å². The number of benzene rings is 2. The zero-order valence-electron chi connectivity index (χ0n) is 16.9. The Kier molecular flexibility index (Phi) is 2.56. The summed E-state index contributed by atoms with van der Waals surface area (Å²) in [6.45, 7) is -4.60. The summed E-state index contributed by atoms with van der Waals surface area (Å²) in [6.07, 6.45) is -0.631. The maximum absolute atomic E-state index is 9.50. The van der Waals surface area contributed by atoms with E-state index in [9.17, 15) is 10.2 Å². The Morgan fingerprint density at radius 3 is 1.40 bits per heavy atom. The van der Waals surface area contributed by atoms with Gasteiger partial charge in [0.05, 0.1) is 0 Å². The number of phenols is 2.